The molecule has 7 heteroatoms. The van der Waals surface area contributed by atoms with Crippen molar-refractivity contribution in [3.63, 3.8) is 0 Å². The van der Waals surface area contributed by atoms with Crippen LogP contribution < -0.4 is 4.74 Å². The van der Waals surface area contributed by atoms with Crippen LogP contribution in [0, 0.1) is 5.82 Å². The second-order valence-electron chi connectivity index (χ2n) is 4.78. The van der Waals surface area contributed by atoms with Gasteiger partial charge in [0.1, 0.15) is 11.4 Å². The lowest BCUT2D eigenvalue weighted by Gasteiger charge is -2.09. The van der Waals surface area contributed by atoms with Crippen LogP contribution in [-0.2, 0) is 6.61 Å². The van der Waals surface area contributed by atoms with E-state index in [-0.39, 0.29) is 12.4 Å². The Labute approximate surface area is 136 Å². The molecule has 0 atom stereocenters. The zero-order valence-corrected chi connectivity index (χ0v) is 13.0. The van der Waals surface area contributed by atoms with Crippen molar-refractivity contribution in [1.29, 1.82) is 0 Å². The number of methoxy groups -OCH3 is 1. The Morgan fingerprint density at radius 1 is 1.26 bits per heavy atom. The van der Waals surface area contributed by atoms with Crippen molar-refractivity contribution in [2.45, 2.75) is 6.61 Å². The molecular weight excluding hydrogens is 321 g/mol. The Morgan fingerprint density at radius 3 is 2.74 bits per heavy atom. The summed E-state index contributed by atoms with van der Waals surface area (Å²) in [5, 5.41) is 18.0. The van der Waals surface area contributed by atoms with E-state index in [9.17, 15) is 9.50 Å². The highest BCUT2D eigenvalue weighted by molar-refractivity contribution is 6.30. The summed E-state index contributed by atoms with van der Waals surface area (Å²) in [7, 11) is 1.40. The Bertz CT molecular complexity index is 851. The van der Waals surface area contributed by atoms with E-state index in [4.69, 9.17) is 16.3 Å². The van der Waals surface area contributed by atoms with Gasteiger partial charge in [-0.25, -0.2) is 9.07 Å². The minimum Gasteiger partial charge on any atom is -0.494 e. The highest BCUT2D eigenvalue weighted by Crippen LogP contribution is 2.29. The number of halogens is 2. The standard InChI is InChI=1S/C16H13ClFN3O2/c1-23-15-6-5-12(8-13(15)18)21-16(14(9-22)19-20-21)10-3-2-4-11(17)7-10/h2-8,22H,9H2,1H3. The first-order valence-corrected chi connectivity index (χ1v) is 7.17. The lowest BCUT2D eigenvalue weighted by molar-refractivity contribution is 0.277. The van der Waals surface area contributed by atoms with Gasteiger partial charge in [-0.2, -0.15) is 0 Å². The number of benzene rings is 2. The average Bonchev–Trinajstić information content (AvgIpc) is 2.98. The second kappa shape index (κ2) is 6.36. The third kappa shape index (κ3) is 2.91. The maximum absolute atomic E-state index is 14.0. The molecule has 3 rings (SSSR count). The van der Waals surface area contributed by atoms with Gasteiger partial charge in [0.15, 0.2) is 11.6 Å². The van der Waals surface area contributed by atoms with Gasteiger partial charge in [-0.05, 0) is 24.3 Å². The third-order valence-corrected chi connectivity index (χ3v) is 3.60. The molecule has 0 aliphatic heterocycles. The number of ether oxygens (including phenoxy) is 1. The molecule has 0 spiro atoms. The van der Waals surface area contributed by atoms with Crippen LogP contribution in [0.4, 0.5) is 4.39 Å². The number of hydrogen-bond donors (Lipinski definition) is 1. The van der Waals surface area contributed by atoms with E-state index >= 15 is 0 Å². The van der Waals surface area contributed by atoms with Crippen molar-refractivity contribution in [2.75, 3.05) is 7.11 Å². The zero-order valence-electron chi connectivity index (χ0n) is 12.2. The quantitative estimate of drug-likeness (QED) is 0.796. The SMILES string of the molecule is COc1ccc(-n2nnc(CO)c2-c2cccc(Cl)c2)cc1F. The van der Waals surface area contributed by atoms with Gasteiger partial charge in [-0.1, -0.05) is 28.9 Å². The number of aliphatic hydroxyl groups is 1. The first-order chi connectivity index (χ1) is 11.1. The number of aromatic nitrogens is 3. The number of aliphatic hydroxyl groups excluding tert-OH is 1. The van der Waals surface area contributed by atoms with Crippen LogP contribution in [-0.4, -0.2) is 27.2 Å². The zero-order chi connectivity index (χ0) is 16.4. The summed E-state index contributed by atoms with van der Waals surface area (Å²) in [6.45, 7) is -0.291. The van der Waals surface area contributed by atoms with Crippen molar-refractivity contribution in [2.24, 2.45) is 0 Å². The molecule has 0 bridgehead atoms. The van der Waals surface area contributed by atoms with Crippen LogP contribution in [0.15, 0.2) is 42.5 Å². The minimum atomic E-state index is -0.511. The van der Waals surface area contributed by atoms with Crippen LogP contribution in [0.5, 0.6) is 5.75 Å². The van der Waals surface area contributed by atoms with Crippen molar-refractivity contribution in [3.05, 3.63) is 59.0 Å². The third-order valence-electron chi connectivity index (χ3n) is 3.37. The van der Waals surface area contributed by atoms with E-state index < -0.39 is 5.82 Å². The lowest BCUT2D eigenvalue weighted by atomic mass is 10.1. The van der Waals surface area contributed by atoms with Crippen molar-refractivity contribution in [1.82, 2.24) is 15.0 Å². The molecule has 1 heterocycles. The Morgan fingerprint density at radius 2 is 2.09 bits per heavy atom. The normalized spacial score (nSPS) is 10.8. The Balaban J connectivity index is 2.17. The van der Waals surface area contributed by atoms with Crippen LogP contribution >= 0.6 is 11.6 Å². The molecule has 1 N–H and O–H groups in total. The van der Waals surface area contributed by atoms with Gasteiger partial charge in [0.25, 0.3) is 0 Å². The maximum Gasteiger partial charge on any atom is 0.167 e. The first kappa shape index (κ1) is 15.5. The molecule has 5 nitrogen and oxygen atoms in total. The van der Waals surface area contributed by atoms with Crippen LogP contribution in [0.1, 0.15) is 5.69 Å². The van der Waals surface area contributed by atoms with E-state index in [1.807, 2.05) is 6.07 Å². The van der Waals surface area contributed by atoms with Crippen LogP contribution in [0.25, 0.3) is 16.9 Å². The summed E-state index contributed by atoms with van der Waals surface area (Å²) >= 11 is 6.03. The summed E-state index contributed by atoms with van der Waals surface area (Å²) in [4.78, 5) is 0. The molecule has 0 aliphatic rings. The smallest absolute Gasteiger partial charge is 0.167 e. The largest absolute Gasteiger partial charge is 0.494 e. The minimum absolute atomic E-state index is 0.139. The molecule has 0 saturated carbocycles. The summed E-state index contributed by atoms with van der Waals surface area (Å²) < 4.78 is 20.3. The highest BCUT2D eigenvalue weighted by atomic mass is 35.5. The first-order valence-electron chi connectivity index (χ1n) is 6.79. The molecule has 118 valence electrons. The highest BCUT2D eigenvalue weighted by Gasteiger charge is 2.17. The maximum atomic E-state index is 14.0. The molecule has 2 aromatic carbocycles. The fourth-order valence-corrected chi connectivity index (χ4v) is 2.50. The fraction of sp³-hybridized carbons (Fsp3) is 0.125. The predicted octanol–water partition coefficient (Wildman–Crippen LogP) is 3.23. The van der Waals surface area contributed by atoms with Gasteiger partial charge in [0, 0.05) is 16.7 Å². The fourth-order valence-electron chi connectivity index (χ4n) is 2.31. The summed E-state index contributed by atoms with van der Waals surface area (Å²) in [6.07, 6.45) is 0. The lowest BCUT2D eigenvalue weighted by Crippen LogP contribution is -2.01. The van der Waals surface area contributed by atoms with E-state index in [0.29, 0.717) is 22.1 Å². The van der Waals surface area contributed by atoms with Gasteiger partial charge < -0.3 is 9.84 Å². The van der Waals surface area contributed by atoms with E-state index in [2.05, 4.69) is 10.3 Å². The second-order valence-corrected chi connectivity index (χ2v) is 5.22. The number of rotatable bonds is 4. The molecule has 23 heavy (non-hydrogen) atoms. The van der Waals surface area contributed by atoms with E-state index in [0.717, 1.165) is 5.56 Å². The molecule has 0 unspecified atom stereocenters. The number of nitrogens with zero attached hydrogens (tertiary/aromatic N) is 3. The van der Waals surface area contributed by atoms with E-state index in [1.165, 1.54) is 23.9 Å². The molecule has 0 radical (unpaired) electrons. The molecule has 0 fully saturated rings. The van der Waals surface area contributed by atoms with Gasteiger partial charge in [-0.15, -0.1) is 5.10 Å². The number of hydrogen-bond acceptors (Lipinski definition) is 4. The van der Waals surface area contributed by atoms with Gasteiger partial charge in [-0.3, -0.25) is 0 Å². The van der Waals surface area contributed by atoms with Crippen molar-refractivity contribution in [3.8, 4) is 22.7 Å². The molecule has 0 amide bonds. The summed E-state index contributed by atoms with van der Waals surface area (Å²) in [5.74, 6) is -0.372. The molecule has 0 aliphatic carbocycles. The van der Waals surface area contributed by atoms with Crippen molar-refractivity contribution < 1.29 is 14.2 Å². The Hall–Kier alpha value is -2.44. The molecular formula is C16H13ClFN3O2. The summed E-state index contributed by atoms with van der Waals surface area (Å²) in [5.41, 5.74) is 2.12. The molecule has 3 aromatic rings. The van der Waals surface area contributed by atoms with Gasteiger partial charge in [0.05, 0.1) is 19.4 Å². The average molecular weight is 334 g/mol. The van der Waals surface area contributed by atoms with Crippen molar-refractivity contribution >= 4 is 11.6 Å². The van der Waals surface area contributed by atoms with Crippen LogP contribution in [0.2, 0.25) is 5.02 Å². The molecule has 1 aromatic heterocycles. The van der Waals surface area contributed by atoms with Gasteiger partial charge >= 0.3 is 0 Å². The Kier molecular flexibility index (Phi) is 4.27. The van der Waals surface area contributed by atoms with E-state index in [1.54, 1.807) is 24.3 Å². The summed E-state index contributed by atoms with van der Waals surface area (Å²) in [6, 6.07) is 11.5. The topological polar surface area (TPSA) is 60.2 Å². The monoisotopic (exact) mass is 333 g/mol. The predicted molar refractivity (Wildman–Crippen MR) is 84.2 cm³/mol. The molecule has 0 saturated heterocycles. The van der Waals surface area contributed by atoms with Crippen LogP contribution in [0.3, 0.4) is 0 Å². The van der Waals surface area contributed by atoms with Gasteiger partial charge in [0.2, 0.25) is 0 Å².